The molecule has 0 aromatic heterocycles. The third kappa shape index (κ3) is 4.52. The number of amides is 1. The Kier molecular flexibility index (Phi) is 6.53. The molecule has 1 aliphatic carbocycles. The highest BCUT2D eigenvalue weighted by atomic mass is 32.2. The maximum absolute atomic E-state index is 12.5. The van der Waals surface area contributed by atoms with Crippen LogP contribution in [0.3, 0.4) is 0 Å². The number of methoxy groups -OCH3 is 1. The lowest BCUT2D eigenvalue weighted by Crippen LogP contribution is -2.45. The molecule has 6 nitrogen and oxygen atoms in total. The third-order valence-corrected chi connectivity index (χ3v) is 7.44. The van der Waals surface area contributed by atoms with Gasteiger partial charge >= 0.3 is 0 Å². The molecule has 7 heteroatoms. The van der Waals surface area contributed by atoms with Crippen LogP contribution >= 0.6 is 0 Å². The van der Waals surface area contributed by atoms with Crippen molar-refractivity contribution in [3.8, 4) is 16.9 Å². The Bertz CT molecular complexity index is 1030. The summed E-state index contributed by atoms with van der Waals surface area (Å²) in [5.74, 6) is 0.382. The summed E-state index contributed by atoms with van der Waals surface area (Å²) in [7, 11) is 0.149. The van der Waals surface area contributed by atoms with Gasteiger partial charge in [-0.3, -0.25) is 4.79 Å². The van der Waals surface area contributed by atoms with Crippen molar-refractivity contribution in [2.75, 3.05) is 20.4 Å². The number of nitrogens with two attached hydrogens (primary N) is 1. The van der Waals surface area contributed by atoms with Gasteiger partial charge in [-0.05, 0) is 68.5 Å². The van der Waals surface area contributed by atoms with E-state index in [2.05, 4.69) is 5.32 Å². The average molecular weight is 431 g/mol. The van der Waals surface area contributed by atoms with E-state index in [1.807, 2.05) is 31.3 Å². The van der Waals surface area contributed by atoms with E-state index in [1.165, 1.54) is 6.26 Å². The van der Waals surface area contributed by atoms with E-state index in [4.69, 9.17) is 10.5 Å². The van der Waals surface area contributed by atoms with Gasteiger partial charge in [0.2, 0.25) is 5.91 Å². The van der Waals surface area contributed by atoms with Gasteiger partial charge < -0.3 is 15.8 Å². The number of rotatable bonds is 7. The number of benzene rings is 2. The summed E-state index contributed by atoms with van der Waals surface area (Å²) in [4.78, 5) is 12.8. The van der Waals surface area contributed by atoms with E-state index in [0.29, 0.717) is 36.6 Å². The largest absolute Gasteiger partial charge is 0.496 e. The molecule has 0 aliphatic heterocycles. The smallest absolute Gasteiger partial charge is 0.223 e. The van der Waals surface area contributed by atoms with Crippen LogP contribution in [0.25, 0.3) is 11.1 Å². The number of nitrogens with one attached hydrogen (secondary N) is 1. The number of hydrogen-bond acceptors (Lipinski definition) is 5. The molecule has 0 unspecified atom stereocenters. The Morgan fingerprint density at radius 1 is 1.20 bits per heavy atom. The van der Waals surface area contributed by atoms with Gasteiger partial charge in [-0.2, -0.15) is 0 Å². The second-order valence-corrected chi connectivity index (χ2v) is 10.2. The van der Waals surface area contributed by atoms with E-state index < -0.39 is 15.3 Å². The van der Waals surface area contributed by atoms with Gasteiger partial charge in [0.15, 0.2) is 9.84 Å². The van der Waals surface area contributed by atoms with Crippen LogP contribution in [0.4, 0.5) is 0 Å². The highest BCUT2D eigenvalue weighted by molar-refractivity contribution is 7.90. The first-order valence-corrected chi connectivity index (χ1v) is 12.0. The van der Waals surface area contributed by atoms with Gasteiger partial charge in [-0.1, -0.05) is 24.3 Å². The zero-order valence-corrected chi connectivity index (χ0v) is 18.6. The van der Waals surface area contributed by atoms with Crippen LogP contribution in [0, 0.1) is 5.41 Å². The molecule has 1 aliphatic rings. The summed E-state index contributed by atoms with van der Waals surface area (Å²) >= 11 is 0. The van der Waals surface area contributed by atoms with Crippen LogP contribution in [-0.2, 0) is 21.1 Å². The minimum absolute atomic E-state index is 0.278. The van der Waals surface area contributed by atoms with Gasteiger partial charge in [-0.25, -0.2) is 8.42 Å². The SMILES string of the molecule is CNC1CCC(Cc2cc(-c3ccccc3S(C)(=O)=O)ccc2OC)(C(N)=O)CC1. The van der Waals surface area contributed by atoms with Gasteiger partial charge in [-0.15, -0.1) is 0 Å². The second-order valence-electron chi connectivity index (χ2n) is 8.18. The minimum Gasteiger partial charge on any atom is -0.496 e. The summed E-state index contributed by atoms with van der Waals surface area (Å²) in [6, 6.07) is 12.9. The second kappa shape index (κ2) is 8.78. The van der Waals surface area contributed by atoms with Crippen LogP contribution < -0.4 is 15.8 Å². The van der Waals surface area contributed by atoms with Gasteiger partial charge in [0.1, 0.15) is 5.75 Å². The van der Waals surface area contributed by atoms with E-state index in [1.54, 1.807) is 25.3 Å². The van der Waals surface area contributed by atoms with Gasteiger partial charge in [0.05, 0.1) is 17.4 Å². The third-order valence-electron chi connectivity index (χ3n) is 6.28. The quantitative estimate of drug-likeness (QED) is 0.704. The normalized spacial score (nSPS) is 21.9. The molecule has 1 saturated carbocycles. The number of sulfone groups is 1. The Hall–Kier alpha value is -2.38. The molecule has 162 valence electrons. The van der Waals surface area contributed by atoms with E-state index in [9.17, 15) is 13.2 Å². The Balaban J connectivity index is 2.03. The molecule has 0 heterocycles. The van der Waals surface area contributed by atoms with Crippen molar-refractivity contribution in [1.29, 1.82) is 0 Å². The summed E-state index contributed by atoms with van der Waals surface area (Å²) in [5.41, 5.74) is 7.52. The summed E-state index contributed by atoms with van der Waals surface area (Å²) in [6.07, 6.45) is 4.87. The Morgan fingerprint density at radius 3 is 2.43 bits per heavy atom. The lowest BCUT2D eigenvalue weighted by Gasteiger charge is -2.38. The molecular weight excluding hydrogens is 400 g/mol. The molecule has 0 spiro atoms. The molecule has 1 amide bonds. The number of hydrogen-bond donors (Lipinski definition) is 2. The fourth-order valence-corrected chi connectivity index (χ4v) is 5.36. The minimum atomic E-state index is -3.38. The molecule has 3 rings (SSSR count). The number of carbonyl (C=O) groups excluding carboxylic acids is 1. The molecule has 3 N–H and O–H groups in total. The lowest BCUT2D eigenvalue weighted by atomic mass is 9.68. The van der Waals surface area contributed by atoms with Crippen LogP contribution in [0.15, 0.2) is 47.4 Å². The maximum atomic E-state index is 12.5. The average Bonchev–Trinajstić information content (AvgIpc) is 2.73. The lowest BCUT2D eigenvalue weighted by molar-refractivity contribution is -0.129. The number of carbonyl (C=O) groups is 1. The molecule has 2 aromatic rings. The van der Waals surface area contributed by atoms with Crippen molar-refractivity contribution >= 4 is 15.7 Å². The van der Waals surface area contributed by atoms with Crippen molar-refractivity contribution in [3.63, 3.8) is 0 Å². The van der Waals surface area contributed by atoms with E-state index in [-0.39, 0.29) is 10.8 Å². The molecule has 0 saturated heterocycles. The molecule has 2 aromatic carbocycles. The number of primary amides is 1. The zero-order valence-electron chi connectivity index (χ0n) is 17.8. The molecule has 30 heavy (non-hydrogen) atoms. The first-order valence-electron chi connectivity index (χ1n) is 10.1. The predicted molar refractivity (Wildman–Crippen MR) is 118 cm³/mol. The van der Waals surface area contributed by atoms with Gasteiger partial charge in [0, 0.05) is 17.9 Å². The summed E-state index contributed by atoms with van der Waals surface area (Å²) < 4.78 is 30.1. The predicted octanol–water partition coefficient (Wildman–Crippen LogP) is 2.94. The van der Waals surface area contributed by atoms with Crippen molar-refractivity contribution < 1.29 is 17.9 Å². The highest BCUT2D eigenvalue weighted by Gasteiger charge is 2.40. The fourth-order valence-electron chi connectivity index (χ4n) is 4.45. The zero-order chi connectivity index (χ0) is 21.9. The number of ether oxygens (including phenoxy) is 1. The Morgan fingerprint density at radius 2 is 1.87 bits per heavy atom. The first-order chi connectivity index (χ1) is 14.2. The Labute approximate surface area is 178 Å². The molecule has 0 bridgehead atoms. The summed E-state index contributed by atoms with van der Waals surface area (Å²) in [5, 5.41) is 3.28. The van der Waals surface area contributed by atoms with Crippen molar-refractivity contribution in [2.24, 2.45) is 11.1 Å². The van der Waals surface area contributed by atoms with Crippen LogP contribution in [-0.4, -0.2) is 40.8 Å². The topological polar surface area (TPSA) is 98.5 Å². The summed E-state index contributed by atoms with van der Waals surface area (Å²) in [6.45, 7) is 0. The van der Waals surface area contributed by atoms with Crippen molar-refractivity contribution in [1.82, 2.24) is 5.32 Å². The highest BCUT2D eigenvalue weighted by Crippen LogP contribution is 2.42. The monoisotopic (exact) mass is 430 g/mol. The first kappa shape index (κ1) is 22.3. The maximum Gasteiger partial charge on any atom is 0.223 e. The van der Waals surface area contributed by atoms with Crippen LogP contribution in [0.1, 0.15) is 31.2 Å². The van der Waals surface area contributed by atoms with Gasteiger partial charge in [0.25, 0.3) is 0 Å². The van der Waals surface area contributed by atoms with Crippen LogP contribution in [0.2, 0.25) is 0 Å². The van der Waals surface area contributed by atoms with E-state index in [0.717, 1.165) is 24.0 Å². The van der Waals surface area contributed by atoms with Crippen LogP contribution in [0.5, 0.6) is 5.75 Å². The molecule has 1 fully saturated rings. The van der Waals surface area contributed by atoms with Crippen molar-refractivity contribution in [2.45, 2.75) is 43.0 Å². The van der Waals surface area contributed by atoms with E-state index >= 15 is 0 Å². The molecule has 0 radical (unpaired) electrons. The molecule has 0 atom stereocenters. The fraction of sp³-hybridized carbons (Fsp3) is 0.435. The molecular formula is C23H30N2O4S. The standard InChI is InChI=1S/C23H30N2O4S/c1-25-18-10-12-23(13-11-18,22(24)26)15-17-14-16(8-9-20(17)29-2)19-6-4-5-7-21(19)30(3,27)28/h4-9,14,18,25H,10-13,15H2,1-3H3,(H2,24,26). The van der Waals surface area contributed by atoms with Crippen molar-refractivity contribution in [3.05, 3.63) is 48.0 Å².